The van der Waals surface area contributed by atoms with Crippen LogP contribution in [-0.2, 0) is 11.3 Å². The first-order valence-electron chi connectivity index (χ1n) is 7.58. The summed E-state index contributed by atoms with van der Waals surface area (Å²) in [6, 6.07) is 15.3. The van der Waals surface area contributed by atoms with Crippen molar-refractivity contribution >= 4 is 16.7 Å². The van der Waals surface area contributed by atoms with Gasteiger partial charge in [0.1, 0.15) is 0 Å². The van der Waals surface area contributed by atoms with Gasteiger partial charge in [-0.05, 0) is 48.7 Å². The molecular formula is C18H21NO2. The molecule has 110 valence electrons. The molecule has 3 nitrogen and oxygen atoms in total. The molecule has 1 aliphatic heterocycles. The SMILES string of the molecule is CC1CC(C(=O)O)CCN1Cc1ccc2ccccc2c1. The molecule has 0 amide bonds. The molecule has 2 aromatic rings. The Bertz CT molecular complexity index is 652. The van der Waals surface area contributed by atoms with Crippen molar-refractivity contribution in [1.29, 1.82) is 0 Å². The van der Waals surface area contributed by atoms with E-state index in [2.05, 4.69) is 54.3 Å². The van der Waals surface area contributed by atoms with Crippen LogP contribution in [0, 0.1) is 5.92 Å². The third-order valence-electron chi connectivity index (χ3n) is 4.56. The highest BCUT2D eigenvalue weighted by Gasteiger charge is 2.29. The quantitative estimate of drug-likeness (QED) is 0.937. The van der Waals surface area contributed by atoms with E-state index in [0.29, 0.717) is 6.04 Å². The fourth-order valence-electron chi connectivity index (χ4n) is 3.25. The average molecular weight is 283 g/mol. The second kappa shape index (κ2) is 5.86. The second-order valence-corrected chi connectivity index (χ2v) is 6.06. The number of nitrogens with zero attached hydrogens (tertiary/aromatic N) is 1. The lowest BCUT2D eigenvalue weighted by atomic mass is 9.91. The molecule has 1 saturated heterocycles. The van der Waals surface area contributed by atoms with Crippen molar-refractivity contribution < 1.29 is 9.90 Å². The molecule has 1 heterocycles. The number of hydrogen-bond donors (Lipinski definition) is 1. The molecule has 2 unspecified atom stereocenters. The summed E-state index contributed by atoms with van der Waals surface area (Å²) in [6.07, 6.45) is 1.51. The zero-order chi connectivity index (χ0) is 14.8. The van der Waals surface area contributed by atoms with E-state index in [1.165, 1.54) is 16.3 Å². The molecule has 2 atom stereocenters. The Balaban J connectivity index is 1.72. The molecule has 1 aliphatic rings. The molecule has 0 aromatic heterocycles. The molecule has 21 heavy (non-hydrogen) atoms. The fraction of sp³-hybridized carbons (Fsp3) is 0.389. The Labute approximate surface area is 125 Å². The average Bonchev–Trinajstić information content (AvgIpc) is 2.49. The van der Waals surface area contributed by atoms with Gasteiger partial charge in [-0.2, -0.15) is 0 Å². The molecule has 3 rings (SSSR count). The molecule has 0 aliphatic carbocycles. The lowest BCUT2D eigenvalue weighted by Crippen LogP contribution is -2.42. The molecule has 1 fully saturated rings. The summed E-state index contributed by atoms with van der Waals surface area (Å²) in [7, 11) is 0. The van der Waals surface area contributed by atoms with E-state index < -0.39 is 5.97 Å². The van der Waals surface area contributed by atoms with Crippen LogP contribution in [0.2, 0.25) is 0 Å². The summed E-state index contributed by atoms with van der Waals surface area (Å²) in [4.78, 5) is 13.5. The smallest absolute Gasteiger partial charge is 0.306 e. The molecule has 3 heteroatoms. The van der Waals surface area contributed by atoms with Gasteiger partial charge in [0.2, 0.25) is 0 Å². The Morgan fingerprint density at radius 1 is 1.24 bits per heavy atom. The number of rotatable bonds is 3. The van der Waals surface area contributed by atoms with E-state index in [9.17, 15) is 4.79 Å². The highest BCUT2D eigenvalue weighted by atomic mass is 16.4. The minimum atomic E-state index is -0.646. The van der Waals surface area contributed by atoms with Crippen molar-refractivity contribution in [1.82, 2.24) is 4.90 Å². The van der Waals surface area contributed by atoms with Crippen molar-refractivity contribution in [3.8, 4) is 0 Å². The van der Waals surface area contributed by atoms with Crippen molar-refractivity contribution in [3.05, 3.63) is 48.0 Å². The molecule has 1 N–H and O–H groups in total. The fourth-order valence-corrected chi connectivity index (χ4v) is 3.25. The monoisotopic (exact) mass is 283 g/mol. The van der Waals surface area contributed by atoms with Crippen molar-refractivity contribution in [2.24, 2.45) is 5.92 Å². The zero-order valence-corrected chi connectivity index (χ0v) is 12.3. The third kappa shape index (κ3) is 3.08. The van der Waals surface area contributed by atoms with Crippen LogP contribution >= 0.6 is 0 Å². The molecule has 0 saturated carbocycles. The number of benzene rings is 2. The molecule has 2 aromatic carbocycles. The minimum absolute atomic E-state index is 0.173. The predicted molar refractivity (Wildman–Crippen MR) is 84.2 cm³/mol. The Morgan fingerprint density at radius 3 is 2.71 bits per heavy atom. The number of piperidine rings is 1. The summed E-state index contributed by atoms with van der Waals surface area (Å²) in [5.74, 6) is -0.819. The highest BCUT2D eigenvalue weighted by Crippen LogP contribution is 2.25. The van der Waals surface area contributed by atoms with Gasteiger partial charge in [-0.25, -0.2) is 0 Å². The van der Waals surface area contributed by atoms with Crippen LogP contribution < -0.4 is 0 Å². The standard InChI is InChI=1S/C18H21NO2/c1-13-10-17(18(20)21)8-9-19(13)12-14-6-7-15-4-2-3-5-16(15)11-14/h2-7,11,13,17H,8-10,12H2,1H3,(H,20,21). The largest absolute Gasteiger partial charge is 0.481 e. The van der Waals surface area contributed by atoms with Crippen LogP contribution in [0.1, 0.15) is 25.3 Å². The van der Waals surface area contributed by atoms with Gasteiger partial charge in [-0.3, -0.25) is 9.69 Å². The van der Waals surface area contributed by atoms with Crippen LogP contribution in [0.15, 0.2) is 42.5 Å². The first-order chi connectivity index (χ1) is 10.1. The molecule has 0 spiro atoms. The van der Waals surface area contributed by atoms with Crippen LogP contribution in [0.4, 0.5) is 0 Å². The van der Waals surface area contributed by atoms with Crippen LogP contribution in [0.3, 0.4) is 0 Å². The van der Waals surface area contributed by atoms with E-state index in [4.69, 9.17) is 5.11 Å². The maximum Gasteiger partial charge on any atom is 0.306 e. The van der Waals surface area contributed by atoms with E-state index >= 15 is 0 Å². The van der Waals surface area contributed by atoms with Gasteiger partial charge in [-0.1, -0.05) is 36.4 Å². The van der Waals surface area contributed by atoms with E-state index in [1.807, 2.05) is 0 Å². The molecule has 0 bridgehead atoms. The summed E-state index contributed by atoms with van der Waals surface area (Å²) >= 11 is 0. The lowest BCUT2D eigenvalue weighted by molar-refractivity contribution is -0.144. The number of fused-ring (bicyclic) bond motifs is 1. The van der Waals surface area contributed by atoms with Gasteiger partial charge in [0, 0.05) is 12.6 Å². The van der Waals surface area contributed by atoms with Crippen molar-refractivity contribution in [3.63, 3.8) is 0 Å². The summed E-state index contributed by atoms with van der Waals surface area (Å²) in [5, 5.41) is 11.7. The number of carboxylic acid groups (broad SMARTS) is 1. The highest BCUT2D eigenvalue weighted by molar-refractivity contribution is 5.82. The van der Waals surface area contributed by atoms with Crippen LogP contribution in [-0.4, -0.2) is 28.6 Å². The Kier molecular flexibility index (Phi) is 3.93. The van der Waals surface area contributed by atoms with Crippen LogP contribution in [0.5, 0.6) is 0 Å². The van der Waals surface area contributed by atoms with Gasteiger partial charge in [-0.15, -0.1) is 0 Å². The Hall–Kier alpha value is -1.87. The number of likely N-dealkylation sites (tertiary alicyclic amines) is 1. The van der Waals surface area contributed by atoms with Gasteiger partial charge in [0.25, 0.3) is 0 Å². The van der Waals surface area contributed by atoms with Gasteiger partial charge >= 0.3 is 5.97 Å². The number of carbonyl (C=O) groups is 1. The third-order valence-corrected chi connectivity index (χ3v) is 4.56. The number of aliphatic carboxylic acids is 1. The lowest BCUT2D eigenvalue weighted by Gasteiger charge is -2.36. The normalized spacial score (nSPS) is 23.3. The first-order valence-corrected chi connectivity index (χ1v) is 7.58. The van der Waals surface area contributed by atoms with Crippen molar-refractivity contribution in [2.75, 3.05) is 6.54 Å². The second-order valence-electron chi connectivity index (χ2n) is 6.06. The molecular weight excluding hydrogens is 262 g/mol. The first kappa shape index (κ1) is 14.1. The van der Waals surface area contributed by atoms with E-state index in [-0.39, 0.29) is 5.92 Å². The summed E-state index contributed by atoms with van der Waals surface area (Å²) < 4.78 is 0. The number of carboxylic acids is 1. The Morgan fingerprint density at radius 2 is 2.00 bits per heavy atom. The van der Waals surface area contributed by atoms with Crippen LogP contribution in [0.25, 0.3) is 10.8 Å². The van der Waals surface area contributed by atoms with Gasteiger partial charge < -0.3 is 5.11 Å². The van der Waals surface area contributed by atoms with Crippen molar-refractivity contribution in [2.45, 2.75) is 32.4 Å². The number of hydrogen-bond acceptors (Lipinski definition) is 2. The maximum atomic E-state index is 11.1. The maximum absolute atomic E-state index is 11.1. The van der Waals surface area contributed by atoms with Gasteiger partial charge in [0.05, 0.1) is 5.92 Å². The summed E-state index contributed by atoms with van der Waals surface area (Å²) in [6.45, 7) is 3.90. The topological polar surface area (TPSA) is 40.5 Å². The van der Waals surface area contributed by atoms with E-state index in [1.54, 1.807) is 0 Å². The zero-order valence-electron chi connectivity index (χ0n) is 12.3. The summed E-state index contributed by atoms with van der Waals surface area (Å²) in [5.41, 5.74) is 1.30. The molecule has 0 radical (unpaired) electrons. The van der Waals surface area contributed by atoms with Gasteiger partial charge in [0.15, 0.2) is 0 Å². The predicted octanol–water partition coefficient (Wildman–Crippen LogP) is 3.52. The minimum Gasteiger partial charge on any atom is -0.481 e. The van der Waals surface area contributed by atoms with E-state index in [0.717, 1.165) is 25.9 Å².